The Hall–Kier alpha value is -2.89. The van der Waals surface area contributed by atoms with E-state index in [0.717, 1.165) is 34.7 Å². The van der Waals surface area contributed by atoms with Crippen molar-refractivity contribution >= 4 is 23.3 Å². The zero-order valence-corrected chi connectivity index (χ0v) is 17.7. The Morgan fingerprint density at radius 3 is 2.55 bits per heavy atom. The minimum Gasteiger partial charge on any atom is -0.457 e. The summed E-state index contributed by atoms with van der Waals surface area (Å²) in [6, 6.07) is 7.62. The molecule has 0 aliphatic carbocycles. The average Bonchev–Trinajstić information content (AvgIpc) is 3.21. The fourth-order valence-electron chi connectivity index (χ4n) is 4.03. The molecule has 1 saturated heterocycles. The standard InChI is InChI=1S/C23H28N2O4/c1-6-24-15(3)10-19(17(24)5)21(26)13-29-23(28)18-11-22(27)25(12-18)20-9-7-8-14(2)16(20)4/h7-10,18H,6,11-13H2,1-5H3/t18-/m0/s1. The number of hydrogen-bond donors (Lipinski definition) is 0. The maximum absolute atomic E-state index is 12.5. The van der Waals surface area contributed by atoms with Crippen molar-refractivity contribution in [3.05, 3.63) is 52.3 Å². The summed E-state index contributed by atoms with van der Waals surface area (Å²) < 4.78 is 7.34. The third-order valence-corrected chi connectivity index (χ3v) is 5.86. The third-order valence-electron chi connectivity index (χ3n) is 5.86. The number of ketones is 1. The number of benzene rings is 1. The topological polar surface area (TPSA) is 68.6 Å². The van der Waals surface area contributed by atoms with Gasteiger partial charge in [0, 0.05) is 42.1 Å². The Morgan fingerprint density at radius 2 is 1.90 bits per heavy atom. The summed E-state index contributed by atoms with van der Waals surface area (Å²) in [5.74, 6) is -1.37. The van der Waals surface area contributed by atoms with Gasteiger partial charge in [0.1, 0.15) is 0 Å². The Kier molecular flexibility index (Phi) is 5.91. The molecule has 0 N–H and O–H groups in total. The lowest BCUT2D eigenvalue weighted by molar-refractivity contribution is -0.147. The van der Waals surface area contributed by atoms with Crippen LogP contribution in [0.3, 0.4) is 0 Å². The van der Waals surface area contributed by atoms with Crippen LogP contribution in [0.1, 0.15) is 46.2 Å². The van der Waals surface area contributed by atoms with Crippen molar-refractivity contribution in [2.45, 2.75) is 47.6 Å². The van der Waals surface area contributed by atoms with E-state index in [4.69, 9.17) is 4.74 Å². The van der Waals surface area contributed by atoms with Crippen LogP contribution in [0.4, 0.5) is 5.69 Å². The van der Waals surface area contributed by atoms with Crippen LogP contribution >= 0.6 is 0 Å². The fraction of sp³-hybridized carbons (Fsp3) is 0.435. The number of Topliss-reactive ketones (excluding diaryl/α,β-unsaturated/α-hetero) is 1. The zero-order valence-electron chi connectivity index (χ0n) is 17.7. The molecule has 1 aromatic heterocycles. The quantitative estimate of drug-likeness (QED) is 0.553. The van der Waals surface area contributed by atoms with E-state index in [0.29, 0.717) is 5.56 Å². The Bertz CT molecular complexity index is 973. The molecule has 0 bridgehead atoms. The number of carbonyl (C=O) groups is 3. The van der Waals surface area contributed by atoms with Gasteiger partial charge in [0.15, 0.2) is 6.61 Å². The van der Waals surface area contributed by atoms with Crippen LogP contribution in [0.15, 0.2) is 24.3 Å². The monoisotopic (exact) mass is 396 g/mol. The number of nitrogens with zero attached hydrogens (tertiary/aromatic N) is 2. The summed E-state index contributed by atoms with van der Waals surface area (Å²) in [5.41, 5.74) is 5.41. The molecule has 2 heterocycles. The predicted molar refractivity (Wildman–Crippen MR) is 111 cm³/mol. The van der Waals surface area contributed by atoms with Crippen molar-refractivity contribution in [1.29, 1.82) is 0 Å². The first-order valence-electron chi connectivity index (χ1n) is 9.97. The molecule has 1 aromatic carbocycles. The molecule has 1 aliphatic heterocycles. The van der Waals surface area contributed by atoms with Crippen molar-refractivity contribution in [3.8, 4) is 0 Å². The molecule has 3 rings (SSSR count). The summed E-state index contributed by atoms with van der Waals surface area (Å²) in [6.45, 7) is 10.6. The van der Waals surface area contributed by atoms with Gasteiger partial charge in [0.05, 0.1) is 5.92 Å². The minimum absolute atomic E-state index is 0.0986. The Balaban J connectivity index is 1.64. The van der Waals surface area contributed by atoms with Gasteiger partial charge >= 0.3 is 5.97 Å². The number of anilines is 1. The van der Waals surface area contributed by atoms with E-state index in [-0.39, 0.29) is 31.3 Å². The highest BCUT2D eigenvalue weighted by atomic mass is 16.5. The maximum atomic E-state index is 12.5. The first kappa shape index (κ1) is 20.8. The summed E-state index contributed by atoms with van der Waals surface area (Å²) in [5, 5.41) is 0. The van der Waals surface area contributed by atoms with Crippen LogP contribution in [0.2, 0.25) is 0 Å². The second-order valence-electron chi connectivity index (χ2n) is 7.68. The van der Waals surface area contributed by atoms with Crippen molar-refractivity contribution in [2.24, 2.45) is 5.92 Å². The highest BCUT2D eigenvalue weighted by Gasteiger charge is 2.37. The molecule has 1 atom stereocenters. The number of ether oxygens (including phenoxy) is 1. The van der Waals surface area contributed by atoms with E-state index >= 15 is 0 Å². The van der Waals surface area contributed by atoms with Gasteiger partial charge in [-0.25, -0.2) is 0 Å². The zero-order chi connectivity index (χ0) is 21.3. The molecule has 6 heteroatoms. The van der Waals surface area contributed by atoms with Crippen LogP contribution in [0, 0.1) is 33.6 Å². The predicted octanol–water partition coefficient (Wildman–Crippen LogP) is 3.52. The number of amides is 1. The van der Waals surface area contributed by atoms with Gasteiger partial charge in [-0.15, -0.1) is 0 Å². The van der Waals surface area contributed by atoms with E-state index in [9.17, 15) is 14.4 Å². The van der Waals surface area contributed by atoms with E-state index in [1.54, 1.807) is 4.90 Å². The molecule has 0 unspecified atom stereocenters. The van der Waals surface area contributed by atoms with E-state index in [2.05, 4.69) is 0 Å². The van der Waals surface area contributed by atoms with Crippen molar-refractivity contribution < 1.29 is 19.1 Å². The van der Waals surface area contributed by atoms with Gasteiger partial charge in [0.25, 0.3) is 0 Å². The number of rotatable bonds is 6. The second-order valence-corrected chi connectivity index (χ2v) is 7.68. The molecule has 1 amide bonds. The fourth-order valence-corrected chi connectivity index (χ4v) is 4.03. The third kappa shape index (κ3) is 3.97. The van der Waals surface area contributed by atoms with Crippen molar-refractivity contribution in [1.82, 2.24) is 4.57 Å². The lowest BCUT2D eigenvalue weighted by atomic mass is 10.1. The first-order valence-corrected chi connectivity index (χ1v) is 9.97. The maximum Gasteiger partial charge on any atom is 0.311 e. The number of aromatic nitrogens is 1. The van der Waals surface area contributed by atoms with Crippen molar-refractivity contribution in [2.75, 3.05) is 18.1 Å². The average molecular weight is 396 g/mol. The highest BCUT2D eigenvalue weighted by Crippen LogP contribution is 2.30. The Morgan fingerprint density at radius 1 is 1.17 bits per heavy atom. The summed E-state index contributed by atoms with van der Waals surface area (Å²) in [6.07, 6.45) is 0.102. The second kappa shape index (κ2) is 8.23. The molecule has 6 nitrogen and oxygen atoms in total. The van der Waals surface area contributed by atoms with Crippen LogP contribution in [0.25, 0.3) is 0 Å². The molecule has 154 valence electrons. The molecule has 0 spiro atoms. The van der Waals surface area contributed by atoms with Gasteiger partial charge in [0.2, 0.25) is 11.7 Å². The van der Waals surface area contributed by atoms with Crippen LogP contribution < -0.4 is 4.90 Å². The van der Waals surface area contributed by atoms with Gasteiger partial charge in [-0.1, -0.05) is 12.1 Å². The lowest BCUT2D eigenvalue weighted by Gasteiger charge is -2.20. The number of esters is 1. The van der Waals surface area contributed by atoms with Crippen molar-refractivity contribution in [3.63, 3.8) is 0 Å². The normalized spacial score (nSPS) is 16.4. The molecule has 0 radical (unpaired) electrons. The molecule has 0 saturated carbocycles. The first-order chi connectivity index (χ1) is 13.7. The van der Waals surface area contributed by atoms with Gasteiger partial charge in [-0.3, -0.25) is 14.4 Å². The minimum atomic E-state index is -0.557. The smallest absolute Gasteiger partial charge is 0.311 e. The lowest BCUT2D eigenvalue weighted by Crippen LogP contribution is -2.28. The molecule has 1 aliphatic rings. The molecular formula is C23H28N2O4. The molecule has 29 heavy (non-hydrogen) atoms. The highest BCUT2D eigenvalue weighted by molar-refractivity contribution is 6.01. The van der Waals surface area contributed by atoms with Crippen LogP contribution in [-0.2, 0) is 20.9 Å². The van der Waals surface area contributed by atoms with Crippen LogP contribution in [0.5, 0.6) is 0 Å². The number of aryl methyl sites for hydroxylation is 2. The van der Waals surface area contributed by atoms with Gasteiger partial charge in [-0.2, -0.15) is 0 Å². The van der Waals surface area contributed by atoms with E-state index in [1.165, 1.54) is 0 Å². The largest absolute Gasteiger partial charge is 0.457 e. The summed E-state index contributed by atoms with van der Waals surface area (Å²) in [4.78, 5) is 39.2. The molecular weight excluding hydrogens is 368 g/mol. The van der Waals surface area contributed by atoms with E-state index < -0.39 is 11.9 Å². The van der Waals surface area contributed by atoms with Gasteiger partial charge < -0.3 is 14.2 Å². The van der Waals surface area contributed by atoms with E-state index in [1.807, 2.05) is 63.5 Å². The summed E-state index contributed by atoms with van der Waals surface area (Å²) in [7, 11) is 0. The van der Waals surface area contributed by atoms with Gasteiger partial charge in [-0.05, 0) is 57.9 Å². The molecule has 1 fully saturated rings. The Labute approximate surface area is 171 Å². The summed E-state index contributed by atoms with van der Waals surface area (Å²) >= 11 is 0. The molecule has 2 aromatic rings. The number of carbonyl (C=O) groups excluding carboxylic acids is 3. The van der Waals surface area contributed by atoms with Crippen LogP contribution in [-0.4, -0.2) is 35.4 Å². The number of hydrogen-bond acceptors (Lipinski definition) is 4. The SMILES string of the molecule is CCn1c(C)cc(C(=O)COC(=O)[C@H]2CC(=O)N(c3cccc(C)c3C)C2)c1C.